The lowest BCUT2D eigenvalue weighted by atomic mass is 10.1. The monoisotopic (exact) mass is 246 g/mol. The number of hydrogen-bond acceptors (Lipinski definition) is 2. The Bertz CT molecular complexity index is 471. The number of benzene rings is 1. The van der Waals surface area contributed by atoms with Gasteiger partial charge in [0.25, 0.3) is 0 Å². The number of amides is 2. The summed E-state index contributed by atoms with van der Waals surface area (Å²) in [5.41, 5.74) is 2.09. The summed E-state index contributed by atoms with van der Waals surface area (Å²) < 4.78 is 0. The molecular formula is C14H18N2O2. The maximum atomic E-state index is 12.2. The third-order valence-electron chi connectivity index (χ3n) is 3.78. The van der Waals surface area contributed by atoms with Gasteiger partial charge in [0.05, 0.1) is 18.3 Å². The van der Waals surface area contributed by atoms with E-state index >= 15 is 0 Å². The van der Waals surface area contributed by atoms with Crippen LogP contribution in [0.25, 0.3) is 0 Å². The molecule has 1 aromatic rings. The molecule has 1 N–H and O–H groups in total. The number of β-amino-alcohol motifs (C(OH)–C–C–N with tert-alkyl or cyclic N) is 1. The highest BCUT2D eigenvalue weighted by molar-refractivity contribution is 5.94. The van der Waals surface area contributed by atoms with E-state index < -0.39 is 6.10 Å². The van der Waals surface area contributed by atoms with Crippen molar-refractivity contribution < 1.29 is 9.90 Å². The van der Waals surface area contributed by atoms with Gasteiger partial charge in [0, 0.05) is 13.6 Å². The largest absolute Gasteiger partial charge is 0.391 e. The summed E-state index contributed by atoms with van der Waals surface area (Å²) in [5.74, 6) is 0.386. The number of nitrogens with zero attached hydrogens (tertiary/aromatic N) is 2. The van der Waals surface area contributed by atoms with E-state index in [-0.39, 0.29) is 6.03 Å². The predicted molar refractivity (Wildman–Crippen MR) is 69.4 cm³/mol. The average molecular weight is 246 g/mol. The first-order chi connectivity index (χ1) is 8.66. The Hall–Kier alpha value is -1.55. The first-order valence-corrected chi connectivity index (χ1v) is 6.45. The average Bonchev–Trinajstić information content (AvgIpc) is 3.19. The number of aliphatic hydroxyl groups excluding tert-OH is 1. The summed E-state index contributed by atoms with van der Waals surface area (Å²) in [5, 5.41) is 10.1. The normalized spacial score (nSPS) is 20.9. The van der Waals surface area contributed by atoms with Crippen LogP contribution in [-0.4, -0.2) is 35.7 Å². The van der Waals surface area contributed by atoms with Crippen LogP contribution in [0.2, 0.25) is 0 Å². The zero-order valence-corrected chi connectivity index (χ0v) is 10.5. The van der Waals surface area contributed by atoms with E-state index in [0.717, 1.165) is 24.1 Å². The van der Waals surface area contributed by atoms with Crippen LogP contribution in [0, 0.1) is 5.92 Å². The minimum atomic E-state index is -0.395. The molecule has 1 heterocycles. The molecule has 0 aromatic heterocycles. The van der Waals surface area contributed by atoms with Crippen molar-refractivity contribution in [2.24, 2.45) is 5.92 Å². The Balaban J connectivity index is 1.88. The maximum Gasteiger partial charge on any atom is 0.324 e. The van der Waals surface area contributed by atoms with Crippen molar-refractivity contribution in [3.05, 3.63) is 29.8 Å². The Morgan fingerprint density at radius 3 is 2.83 bits per heavy atom. The fraction of sp³-hybridized carbons (Fsp3) is 0.500. The zero-order valence-electron chi connectivity index (χ0n) is 10.5. The van der Waals surface area contributed by atoms with Gasteiger partial charge in [0.15, 0.2) is 0 Å². The SMILES string of the molecule is CN1Cc2ccccc2N(CC(O)C2CC2)C1=O. The topological polar surface area (TPSA) is 43.8 Å². The number of fused-ring (bicyclic) bond motifs is 1. The van der Waals surface area contributed by atoms with Crippen LogP contribution in [-0.2, 0) is 6.54 Å². The molecule has 18 heavy (non-hydrogen) atoms. The van der Waals surface area contributed by atoms with Gasteiger partial charge in [0.2, 0.25) is 0 Å². The van der Waals surface area contributed by atoms with Crippen LogP contribution in [0.3, 0.4) is 0 Å². The minimum Gasteiger partial charge on any atom is -0.391 e. The first-order valence-electron chi connectivity index (χ1n) is 6.45. The third-order valence-corrected chi connectivity index (χ3v) is 3.78. The summed E-state index contributed by atoms with van der Waals surface area (Å²) in [6.45, 7) is 1.05. The van der Waals surface area contributed by atoms with Gasteiger partial charge in [-0.3, -0.25) is 4.90 Å². The molecule has 4 heteroatoms. The van der Waals surface area contributed by atoms with Crippen LogP contribution in [0.15, 0.2) is 24.3 Å². The maximum absolute atomic E-state index is 12.2. The van der Waals surface area contributed by atoms with Gasteiger partial charge in [-0.15, -0.1) is 0 Å². The minimum absolute atomic E-state index is 0.0200. The number of carbonyl (C=O) groups excluding carboxylic acids is 1. The molecule has 0 spiro atoms. The number of hydrogen-bond donors (Lipinski definition) is 1. The molecule has 1 aliphatic carbocycles. The molecule has 0 saturated heterocycles. The van der Waals surface area contributed by atoms with Crippen molar-refractivity contribution >= 4 is 11.7 Å². The third kappa shape index (κ3) is 1.97. The number of para-hydroxylation sites is 1. The first kappa shape index (κ1) is 11.5. The molecule has 2 amide bonds. The Morgan fingerprint density at radius 1 is 1.39 bits per heavy atom. The molecule has 1 unspecified atom stereocenters. The second-order valence-corrected chi connectivity index (χ2v) is 5.28. The van der Waals surface area contributed by atoms with Crippen LogP contribution >= 0.6 is 0 Å². The number of rotatable bonds is 3. The van der Waals surface area contributed by atoms with Crippen LogP contribution < -0.4 is 4.90 Å². The van der Waals surface area contributed by atoms with Crippen molar-refractivity contribution in [2.45, 2.75) is 25.5 Å². The van der Waals surface area contributed by atoms with Gasteiger partial charge in [0.1, 0.15) is 0 Å². The molecule has 1 aliphatic heterocycles. The fourth-order valence-electron chi connectivity index (χ4n) is 2.53. The highest BCUT2D eigenvalue weighted by Crippen LogP contribution is 2.35. The number of carbonyl (C=O) groups is 1. The van der Waals surface area contributed by atoms with E-state index in [9.17, 15) is 9.90 Å². The van der Waals surface area contributed by atoms with E-state index in [2.05, 4.69) is 0 Å². The molecule has 0 radical (unpaired) electrons. The summed E-state index contributed by atoms with van der Waals surface area (Å²) >= 11 is 0. The van der Waals surface area contributed by atoms with Gasteiger partial charge >= 0.3 is 6.03 Å². The van der Waals surface area contributed by atoms with Crippen molar-refractivity contribution in [1.29, 1.82) is 0 Å². The molecule has 1 aromatic carbocycles. The Labute approximate surface area is 107 Å². The van der Waals surface area contributed by atoms with E-state index in [1.807, 2.05) is 24.3 Å². The molecule has 2 aliphatic rings. The van der Waals surface area contributed by atoms with Gasteiger partial charge < -0.3 is 10.0 Å². The van der Waals surface area contributed by atoms with E-state index in [0.29, 0.717) is 19.0 Å². The second kappa shape index (κ2) is 4.28. The van der Waals surface area contributed by atoms with Gasteiger partial charge in [-0.1, -0.05) is 18.2 Å². The molecule has 0 bridgehead atoms. The van der Waals surface area contributed by atoms with Crippen molar-refractivity contribution in [1.82, 2.24) is 4.90 Å². The Morgan fingerprint density at radius 2 is 2.11 bits per heavy atom. The molecular weight excluding hydrogens is 228 g/mol. The van der Waals surface area contributed by atoms with Crippen molar-refractivity contribution in [3.63, 3.8) is 0 Å². The zero-order chi connectivity index (χ0) is 12.7. The highest BCUT2D eigenvalue weighted by Gasteiger charge is 2.35. The molecule has 4 nitrogen and oxygen atoms in total. The molecule has 3 rings (SSSR count). The lowest BCUT2D eigenvalue weighted by molar-refractivity contribution is 0.151. The second-order valence-electron chi connectivity index (χ2n) is 5.28. The van der Waals surface area contributed by atoms with Crippen LogP contribution in [0.4, 0.5) is 10.5 Å². The standard InChI is InChI=1S/C14H18N2O2/c1-15-8-11-4-2-3-5-12(11)16(14(15)18)9-13(17)10-6-7-10/h2-5,10,13,17H,6-9H2,1H3. The highest BCUT2D eigenvalue weighted by atomic mass is 16.3. The summed E-state index contributed by atoms with van der Waals surface area (Å²) in [7, 11) is 1.80. The van der Waals surface area contributed by atoms with E-state index in [4.69, 9.17) is 0 Å². The molecule has 1 atom stereocenters. The molecule has 96 valence electrons. The number of urea groups is 1. The van der Waals surface area contributed by atoms with Crippen LogP contribution in [0.1, 0.15) is 18.4 Å². The lowest BCUT2D eigenvalue weighted by Gasteiger charge is -2.36. The fourth-order valence-corrected chi connectivity index (χ4v) is 2.53. The van der Waals surface area contributed by atoms with E-state index in [1.165, 1.54) is 0 Å². The lowest BCUT2D eigenvalue weighted by Crippen LogP contribution is -2.48. The van der Waals surface area contributed by atoms with Gasteiger partial charge in [-0.2, -0.15) is 0 Å². The van der Waals surface area contributed by atoms with E-state index in [1.54, 1.807) is 16.8 Å². The van der Waals surface area contributed by atoms with Gasteiger partial charge in [-0.05, 0) is 30.4 Å². The number of anilines is 1. The van der Waals surface area contributed by atoms with Crippen LogP contribution in [0.5, 0.6) is 0 Å². The summed E-state index contributed by atoms with van der Waals surface area (Å²) in [6.07, 6.45) is 1.77. The van der Waals surface area contributed by atoms with Crippen molar-refractivity contribution in [3.8, 4) is 0 Å². The molecule has 1 fully saturated rings. The Kier molecular flexibility index (Phi) is 2.74. The van der Waals surface area contributed by atoms with Crippen molar-refractivity contribution in [2.75, 3.05) is 18.5 Å². The summed E-state index contributed by atoms with van der Waals surface area (Å²) in [6, 6.07) is 7.90. The summed E-state index contributed by atoms with van der Waals surface area (Å²) in [4.78, 5) is 15.6. The smallest absolute Gasteiger partial charge is 0.324 e. The predicted octanol–water partition coefficient (Wildman–Crippen LogP) is 1.83. The quantitative estimate of drug-likeness (QED) is 0.884. The number of aliphatic hydroxyl groups is 1. The molecule has 1 saturated carbocycles. The van der Waals surface area contributed by atoms with Gasteiger partial charge in [-0.25, -0.2) is 4.79 Å².